The van der Waals surface area contributed by atoms with Crippen LogP contribution in [0.1, 0.15) is 11.1 Å². The van der Waals surface area contributed by atoms with Gasteiger partial charge in [0.1, 0.15) is 6.61 Å². The van der Waals surface area contributed by atoms with Crippen LogP contribution in [0.15, 0.2) is 51.7 Å². The fraction of sp³-hybridized carbons (Fsp3) is 0.143. The highest BCUT2D eigenvalue weighted by atomic mass is 79.9. The maximum Gasteiger partial charge on any atom is 0.407 e. The van der Waals surface area contributed by atoms with Crippen LogP contribution in [0, 0.1) is 0 Å². The summed E-state index contributed by atoms with van der Waals surface area (Å²) >= 11 is 6.78. The largest absolute Gasteiger partial charge is 0.445 e. The van der Waals surface area contributed by atoms with Gasteiger partial charge in [-0.2, -0.15) is 0 Å². The molecule has 1 heterocycles. The molecule has 1 aromatic carbocycles. The molecule has 6 heteroatoms. The van der Waals surface area contributed by atoms with Gasteiger partial charge in [0.2, 0.25) is 0 Å². The van der Waals surface area contributed by atoms with Gasteiger partial charge in [0.15, 0.2) is 0 Å². The van der Waals surface area contributed by atoms with Crippen LogP contribution in [0.3, 0.4) is 0 Å². The molecule has 0 atom stereocenters. The molecule has 0 aliphatic heterocycles. The highest BCUT2D eigenvalue weighted by Gasteiger charge is 2.08. The molecule has 4 nitrogen and oxygen atoms in total. The summed E-state index contributed by atoms with van der Waals surface area (Å²) in [4.78, 5) is 15.6. The van der Waals surface area contributed by atoms with Crippen molar-refractivity contribution in [1.82, 2.24) is 10.3 Å². The van der Waals surface area contributed by atoms with E-state index in [-0.39, 0.29) is 6.61 Å². The van der Waals surface area contributed by atoms with Crippen molar-refractivity contribution >= 4 is 38.0 Å². The second-order valence-corrected chi connectivity index (χ2v) is 5.71. The molecule has 0 saturated carbocycles. The number of ether oxygens (including phenoxy) is 1. The van der Waals surface area contributed by atoms with Crippen molar-refractivity contribution in [2.24, 2.45) is 0 Å². The first-order valence-electron chi connectivity index (χ1n) is 5.89. The fourth-order valence-electron chi connectivity index (χ4n) is 1.54. The monoisotopic (exact) mass is 398 g/mol. The van der Waals surface area contributed by atoms with Crippen molar-refractivity contribution in [2.75, 3.05) is 0 Å². The average molecular weight is 400 g/mol. The van der Waals surface area contributed by atoms with Crippen molar-refractivity contribution < 1.29 is 9.53 Å². The number of benzene rings is 1. The Hall–Kier alpha value is -1.40. The van der Waals surface area contributed by atoms with E-state index in [4.69, 9.17) is 4.74 Å². The second kappa shape index (κ2) is 7.40. The van der Waals surface area contributed by atoms with Crippen molar-refractivity contribution in [3.63, 3.8) is 0 Å². The van der Waals surface area contributed by atoms with E-state index in [9.17, 15) is 4.79 Å². The van der Waals surface area contributed by atoms with E-state index in [2.05, 4.69) is 42.2 Å². The van der Waals surface area contributed by atoms with Gasteiger partial charge in [-0.1, -0.05) is 30.3 Å². The van der Waals surface area contributed by atoms with Gasteiger partial charge in [0.25, 0.3) is 0 Å². The van der Waals surface area contributed by atoms with Gasteiger partial charge in [-0.15, -0.1) is 0 Å². The topological polar surface area (TPSA) is 51.2 Å². The Morgan fingerprint density at radius 3 is 2.45 bits per heavy atom. The molecule has 0 aliphatic carbocycles. The molecule has 0 saturated heterocycles. The number of nitrogens with zero attached hydrogens (tertiary/aromatic N) is 1. The van der Waals surface area contributed by atoms with Crippen LogP contribution in [0.4, 0.5) is 4.79 Å². The lowest BCUT2D eigenvalue weighted by Crippen LogP contribution is -2.24. The molecule has 1 N–H and O–H groups in total. The summed E-state index contributed by atoms with van der Waals surface area (Å²) in [5, 5.41) is 2.70. The molecular weight excluding hydrogens is 388 g/mol. The Labute approximate surface area is 133 Å². The number of amides is 1. The zero-order valence-corrected chi connectivity index (χ0v) is 13.6. The standard InChI is InChI=1S/C14H12Br2N2O2/c15-12-7-17-8-13(16)11(12)6-18-14(19)20-9-10-4-2-1-3-5-10/h1-5,7-8H,6,9H2,(H,18,19). The number of alkyl carbamates (subject to hydrolysis) is 1. The molecule has 0 unspecified atom stereocenters. The molecule has 1 aromatic heterocycles. The minimum Gasteiger partial charge on any atom is -0.445 e. The summed E-state index contributed by atoms with van der Waals surface area (Å²) in [6, 6.07) is 9.54. The van der Waals surface area contributed by atoms with Gasteiger partial charge in [0, 0.05) is 33.4 Å². The van der Waals surface area contributed by atoms with Gasteiger partial charge >= 0.3 is 6.09 Å². The molecule has 20 heavy (non-hydrogen) atoms. The van der Waals surface area contributed by atoms with Crippen LogP contribution in [0.5, 0.6) is 0 Å². The number of nitrogens with one attached hydrogen (secondary N) is 1. The number of hydrogen-bond donors (Lipinski definition) is 1. The number of halogens is 2. The molecule has 1 amide bonds. The molecular formula is C14H12Br2N2O2. The van der Waals surface area contributed by atoms with Crippen LogP contribution >= 0.6 is 31.9 Å². The summed E-state index contributed by atoms with van der Waals surface area (Å²) in [6.45, 7) is 0.614. The Balaban J connectivity index is 1.84. The van der Waals surface area contributed by atoms with Crippen LogP contribution < -0.4 is 5.32 Å². The minimum atomic E-state index is -0.454. The minimum absolute atomic E-state index is 0.255. The van der Waals surface area contributed by atoms with Crippen molar-refractivity contribution in [3.8, 4) is 0 Å². The van der Waals surface area contributed by atoms with Gasteiger partial charge in [-0.25, -0.2) is 4.79 Å². The Kier molecular flexibility index (Phi) is 5.55. The Morgan fingerprint density at radius 1 is 1.15 bits per heavy atom. The quantitative estimate of drug-likeness (QED) is 0.844. The predicted octanol–water partition coefficient (Wildman–Crippen LogP) is 4.03. The number of rotatable bonds is 4. The first kappa shape index (κ1) is 15.0. The average Bonchev–Trinajstić information content (AvgIpc) is 2.46. The molecule has 0 fully saturated rings. The maximum atomic E-state index is 11.6. The highest BCUT2D eigenvalue weighted by molar-refractivity contribution is 9.11. The van der Waals surface area contributed by atoms with E-state index in [0.717, 1.165) is 20.1 Å². The van der Waals surface area contributed by atoms with Crippen LogP contribution in [-0.2, 0) is 17.9 Å². The van der Waals surface area contributed by atoms with Crippen LogP contribution in [-0.4, -0.2) is 11.1 Å². The molecule has 0 spiro atoms. The molecule has 0 radical (unpaired) electrons. The number of carbonyl (C=O) groups excluding carboxylic acids is 1. The van der Waals surface area contributed by atoms with Crippen LogP contribution in [0.2, 0.25) is 0 Å². The number of hydrogen-bond acceptors (Lipinski definition) is 3. The summed E-state index contributed by atoms with van der Waals surface area (Å²) in [7, 11) is 0. The van der Waals surface area contributed by atoms with E-state index >= 15 is 0 Å². The van der Waals surface area contributed by atoms with Gasteiger partial charge in [-0.05, 0) is 37.4 Å². The predicted molar refractivity (Wildman–Crippen MR) is 83.1 cm³/mol. The first-order valence-corrected chi connectivity index (χ1v) is 7.48. The third-order valence-electron chi connectivity index (χ3n) is 2.57. The Morgan fingerprint density at radius 2 is 1.80 bits per heavy atom. The summed E-state index contributed by atoms with van der Waals surface area (Å²) < 4.78 is 6.79. The van der Waals surface area contributed by atoms with Gasteiger partial charge in [-0.3, -0.25) is 4.98 Å². The van der Waals surface area contributed by atoms with Crippen molar-refractivity contribution in [2.45, 2.75) is 13.2 Å². The van der Waals surface area contributed by atoms with Crippen molar-refractivity contribution in [1.29, 1.82) is 0 Å². The SMILES string of the molecule is O=C(NCc1c(Br)cncc1Br)OCc1ccccc1. The van der Waals surface area contributed by atoms with E-state index in [1.165, 1.54) is 0 Å². The van der Waals surface area contributed by atoms with Crippen LogP contribution in [0.25, 0.3) is 0 Å². The van der Waals surface area contributed by atoms with E-state index < -0.39 is 6.09 Å². The number of aromatic nitrogens is 1. The number of carbonyl (C=O) groups is 1. The second-order valence-electron chi connectivity index (χ2n) is 4.00. The summed E-state index contributed by atoms with van der Waals surface area (Å²) in [6.07, 6.45) is 2.90. The zero-order chi connectivity index (χ0) is 14.4. The normalized spacial score (nSPS) is 10.1. The fourth-order valence-corrected chi connectivity index (χ4v) is 2.75. The van der Waals surface area contributed by atoms with Gasteiger partial charge < -0.3 is 10.1 Å². The number of pyridine rings is 1. The molecule has 104 valence electrons. The smallest absolute Gasteiger partial charge is 0.407 e. The summed E-state index contributed by atoms with van der Waals surface area (Å²) in [5.41, 5.74) is 1.87. The van der Waals surface area contributed by atoms with Gasteiger partial charge in [0.05, 0.1) is 0 Å². The maximum absolute atomic E-state index is 11.6. The third kappa shape index (κ3) is 4.31. The zero-order valence-electron chi connectivity index (χ0n) is 10.5. The van der Waals surface area contributed by atoms with E-state index in [1.54, 1.807) is 12.4 Å². The van der Waals surface area contributed by atoms with E-state index in [0.29, 0.717) is 6.54 Å². The van der Waals surface area contributed by atoms with E-state index in [1.807, 2.05) is 30.3 Å². The lowest BCUT2D eigenvalue weighted by atomic mass is 10.2. The molecule has 0 bridgehead atoms. The van der Waals surface area contributed by atoms with Crippen molar-refractivity contribution in [3.05, 3.63) is 62.8 Å². The molecule has 2 rings (SSSR count). The third-order valence-corrected chi connectivity index (χ3v) is 3.94. The lowest BCUT2D eigenvalue weighted by molar-refractivity contribution is 0.139. The molecule has 0 aliphatic rings. The highest BCUT2D eigenvalue weighted by Crippen LogP contribution is 2.23. The lowest BCUT2D eigenvalue weighted by Gasteiger charge is -2.09. The first-order chi connectivity index (χ1) is 9.66. The summed E-state index contributed by atoms with van der Waals surface area (Å²) in [5.74, 6) is 0. The Bertz CT molecular complexity index is 571. The molecule has 2 aromatic rings.